The summed E-state index contributed by atoms with van der Waals surface area (Å²) in [6, 6.07) is 10.1. The second kappa shape index (κ2) is 10.9. The van der Waals surface area contributed by atoms with Gasteiger partial charge in [0.1, 0.15) is 6.04 Å². The molecule has 1 aliphatic carbocycles. The van der Waals surface area contributed by atoms with Crippen LogP contribution in [0.3, 0.4) is 0 Å². The van der Waals surface area contributed by atoms with E-state index in [2.05, 4.69) is 15.5 Å². The standard InChI is InChI=1S/C31H37N5O3/c32-18-20(19-33-22-13-15-35(16-14-22)23-5-2-1-3-6-23)17-21-9-10-26-29-24(21)7-4-8-25(29)31(39)36(26)27-11-12-28(37)34-30(27)38/h4,7-10,18-19,22-23,27,32-33H,1-3,5-6,11-17H2,(H,34,37,38)/b20-19-,32-18?. The molecular weight excluding hydrogens is 490 g/mol. The van der Waals surface area contributed by atoms with Crippen LogP contribution in [0.4, 0.5) is 5.69 Å². The van der Waals surface area contributed by atoms with E-state index in [1.807, 2.05) is 30.5 Å². The molecule has 2 aromatic rings. The predicted molar refractivity (Wildman–Crippen MR) is 152 cm³/mol. The number of carbonyl (C=O) groups is 3. The van der Waals surface area contributed by atoms with Crippen LogP contribution in [0, 0.1) is 5.41 Å². The molecule has 3 amide bonds. The monoisotopic (exact) mass is 527 g/mol. The van der Waals surface area contributed by atoms with Crippen LogP contribution in [0.2, 0.25) is 0 Å². The zero-order valence-electron chi connectivity index (χ0n) is 22.4. The molecule has 8 nitrogen and oxygen atoms in total. The number of amides is 3. The number of nitrogens with zero attached hydrogens (tertiary/aromatic N) is 2. The number of piperidine rings is 2. The van der Waals surface area contributed by atoms with Gasteiger partial charge < -0.3 is 15.6 Å². The summed E-state index contributed by atoms with van der Waals surface area (Å²) in [5, 5.41) is 15.8. The van der Waals surface area contributed by atoms with Gasteiger partial charge in [-0.1, -0.05) is 37.5 Å². The van der Waals surface area contributed by atoms with E-state index in [-0.39, 0.29) is 18.2 Å². The van der Waals surface area contributed by atoms with Crippen LogP contribution in [0.15, 0.2) is 42.1 Å². The third-order valence-corrected chi connectivity index (χ3v) is 9.04. The van der Waals surface area contributed by atoms with Gasteiger partial charge in [-0.05, 0) is 60.8 Å². The van der Waals surface area contributed by atoms with Crippen LogP contribution in [-0.2, 0) is 16.0 Å². The number of allylic oxidation sites excluding steroid dienone is 1. The summed E-state index contributed by atoms with van der Waals surface area (Å²) in [4.78, 5) is 41.9. The molecule has 2 aromatic carbocycles. The van der Waals surface area contributed by atoms with Crippen LogP contribution in [0.5, 0.6) is 0 Å². The van der Waals surface area contributed by atoms with E-state index < -0.39 is 11.9 Å². The van der Waals surface area contributed by atoms with Crippen molar-refractivity contribution in [3.05, 3.63) is 53.2 Å². The lowest BCUT2D eigenvalue weighted by atomic mass is 9.92. The predicted octanol–water partition coefficient (Wildman–Crippen LogP) is 4.07. The molecule has 204 valence electrons. The van der Waals surface area contributed by atoms with Gasteiger partial charge in [0.15, 0.2) is 0 Å². The van der Waals surface area contributed by atoms with Crippen LogP contribution >= 0.6 is 0 Å². The average molecular weight is 528 g/mol. The Bertz CT molecular complexity index is 1340. The van der Waals surface area contributed by atoms with Crippen molar-refractivity contribution in [2.24, 2.45) is 0 Å². The number of hydrogen-bond acceptors (Lipinski definition) is 6. The Morgan fingerprint density at radius 3 is 2.54 bits per heavy atom. The fraction of sp³-hybridized carbons (Fsp3) is 0.484. The summed E-state index contributed by atoms with van der Waals surface area (Å²) in [6.45, 7) is 2.28. The van der Waals surface area contributed by atoms with Gasteiger partial charge >= 0.3 is 0 Å². The van der Waals surface area contributed by atoms with Crippen molar-refractivity contribution in [2.75, 3.05) is 18.0 Å². The maximum absolute atomic E-state index is 13.4. The van der Waals surface area contributed by atoms with Gasteiger partial charge in [0.25, 0.3) is 5.91 Å². The summed E-state index contributed by atoms with van der Waals surface area (Å²) in [5.41, 5.74) is 3.22. The van der Waals surface area contributed by atoms with Crippen molar-refractivity contribution < 1.29 is 14.4 Å². The van der Waals surface area contributed by atoms with Gasteiger partial charge in [-0.2, -0.15) is 0 Å². The molecule has 4 aliphatic rings. The van der Waals surface area contributed by atoms with Crippen molar-refractivity contribution in [3.63, 3.8) is 0 Å². The summed E-state index contributed by atoms with van der Waals surface area (Å²) in [6.07, 6.45) is 13.6. The van der Waals surface area contributed by atoms with Gasteiger partial charge in [0, 0.05) is 61.4 Å². The zero-order chi connectivity index (χ0) is 26.9. The van der Waals surface area contributed by atoms with Crippen molar-refractivity contribution >= 4 is 40.4 Å². The van der Waals surface area contributed by atoms with Crippen molar-refractivity contribution in [3.8, 4) is 0 Å². The average Bonchev–Trinajstić information content (AvgIpc) is 3.25. The molecule has 1 unspecified atom stereocenters. The Balaban J connectivity index is 1.17. The smallest absolute Gasteiger partial charge is 0.259 e. The van der Waals surface area contributed by atoms with Crippen molar-refractivity contribution in [1.29, 1.82) is 5.41 Å². The van der Waals surface area contributed by atoms with Crippen LogP contribution < -0.4 is 15.5 Å². The van der Waals surface area contributed by atoms with E-state index in [9.17, 15) is 14.4 Å². The first-order chi connectivity index (χ1) is 19.0. The number of rotatable bonds is 7. The lowest BCUT2D eigenvalue weighted by Crippen LogP contribution is -2.53. The van der Waals surface area contributed by atoms with Gasteiger partial charge in [-0.25, -0.2) is 0 Å². The summed E-state index contributed by atoms with van der Waals surface area (Å²) in [5.74, 6) is -0.920. The normalized spacial score (nSPS) is 23.4. The fourth-order valence-corrected chi connectivity index (χ4v) is 6.92. The zero-order valence-corrected chi connectivity index (χ0v) is 22.4. The van der Waals surface area contributed by atoms with E-state index in [0.29, 0.717) is 30.1 Å². The maximum Gasteiger partial charge on any atom is 0.259 e. The van der Waals surface area contributed by atoms with E-state index in [1.165, 1.54) is 38.3 Å². The molecule has 0 bridgehead atoms. The quantitative estimate of drug-likeness (QED) is 0.372. The van der Waals surface area contributed by atoms with Gasteiger partial charge in [0.2, 0.25) is 11.8 Å². The van der Waals surface area contributed by atoms with Crippen LogP contribution in [0.1, 0.15) is 73.7 Å². The third-order valence-electron chi connectivity index (χ3n) is 9.04. The molecule has 39 heavy (non-hydrogen) atoms. The highest BCUT2D eigenvalue weighted by Crippen LogP contribution is 2.41. The van der Waals surface area contributed by atoms with Gasteiger partial charge in [0.05, 0.1) is 5.69 Å². The molecule has 3 N–H and O–H groups in total. The highest BCUT2D eigenvalue weighted by atomic mass is 16.2. The molecule has 2 saturated heterocycles. The number of hydrogen-bond donors (Lipinski definition) is 3. The lowest BCUT2D eigenvalue weighted by molar-refractivity contribution is -0.134. The minimum Gasteiger partial charge on any atom is -0.388 e. The second-order valence-electron chi connectivity index (χ2n) is 11.4. The highest BCUT2D eigenvalue weighted by Gasteiger charge is 2.40. The molecule has 1 saturated carbocycles. The number of anilines is 1. The number of imide groups is 1. The molecule has 3 fully saturated rings. The summed E-state index contributed by atoms with van der Waals surface area (Å²) < 4.78 is 0. The second-order valence-corrected chi connectivity index (χ2v) is 11.4. The van der Waals surface area contributed by atoms with E-state index in [0.717, 1.165) is 53.9 Å². The Morgan fingerprint density at radius 2 is 1.79 bits per heavy atom. The molecular formula is C31H37N5O3. The Labute approximate surface area is 229 Å². The Morgan fingerprint density at radius 1 is 1.00 bits per heavy atom. The van der Waals surface area contributed by atoms with Crippen molar-refractivity contribution in [1.82, 2.24) is 15.5 Å². The largest absolute Gasteiger partial charge is 0.388 e. The molecule has 3 aliphatic heterocycles. The Kier molecular flexibility index (Phi) is 7.21. The lowest BCUT2D eigenvalue weighted by Gasteiger charge is -2.39. The van der Waals surface area contributed by atoms with Crippen LogP contribution in [0.25, 0.3) is 10.8 Å². The number of carbonyl (C=O) groups excluding carboxylic acids is 3. The van der Waals surface area contributed by atoms with Crippen LogP contribution in [-0.4, -0.2) is 60.1 Å². The van der Waals surface area contributed by atoms with E-state index in [4.69, 9.17) is 5.41 Å². The fourth-order valence-electron chi connectivity index (χ4n) is 6.92. The van der Waals surface area contributed by atoms with E-state index >= 15 is 0 Å². The van der Waals surface area contributed by atoms with E-state index in [1.54, 1.807) is 11.0 Å². The molecule has 3 heterocycles. The molecule has 0 aromatic heterocycles. The molecule has 8 heteroatoms. The summed E-state index contributed by atoms with van der Waals surface area (Å²) in [7, 11) is 0. The first kappa shape index (κ1) is 25.7. The maximum atomic E-state index is 13.4. The van der Waals surface area contributed by atoms with Gasteiger partial charge in [-0.15, -0.1) is 0 Å². The molecule has 0 radical (unpaired) electrons. The number of nitrogens with one attached hydrogen (secondary N) is 3. The number of likely N-dealkylation sites (tertiary alicyclic amines) is 1. The third kappa shape index (κ3) is 4.98. The molecule has 0 spiro atoms. The SMILES string of the molecule is N=C/C(=C\NC1CCN(C2CCCCC2)CC1)Cc1ccc2c3c(cccc13)C(=O)N2C1CCC(=O)NC1=O. The highest BCUT2D eigenvalue weighted by molar-refractivity contribution is 6.27. The Hall–Kier alpha value is -3.52. The molecule has 6 rings (SSSR count). The van der Waals surface area contributed by atoms with Crippen molar-refractivity contribution in [2.45, 2.75) is 82.3 Å². The minimum absolute atomic E-state index is 0.202. The van der Waals surface area contributed by atoms with Gasteiger partial charge in [-0.3, -0.25) is 24.6 Å². The first-order valence-electron chi connectivity index (χ1n) is 14.4. The topological polar surface area (TPSA) is 106 Å². The summed E-state index contributed by atoms with van der Waals surface area (Å²) >= 11 is 0. The number of benzene rings is 2. The minimum atomic E-state index is -0.692. The first-order valence-corrected chi connectivity index (χ1v) is 14.4. The molecule has 1 atom stereocenters.